The lowest BCUT2D eigenvalue weighted by atomic mass is 10.0. The molecule has 4 nitrogen and oxygen atoms in total. The van der Waals surface area contributed by atoms with Gasteiger partial charge in [0, 0.05) is 5.92 Å². The molecular formula is C9H16ClNO3. The third kappa shape index (κ3) is 5.07. The molecule has 0 radical (unpaired) electrons. The molecule has 0 rings (SSSR count). The summed E-state index contributed by atoms with van der Waals surface area (Å²) in [6, 6.07) is -0.181. The fourth-order valence-electron chi connectivity index (χ4n) is 1.07. The highest BCUT2D eigenvalue weighted by Crippen LogP contribution is 2.06. The zero-order chi connectivity index (χ0) is 11.0. The van der Waals surface area contributed by atoms with Crippen molar-refractivity contribution in [3.05, 3.63) is 0 Å². The molecule has 1 N–H and O–H groups in total. The average molecular weight is 222 g/mol. The first-order valence-electron chi connectivity index (χ1n) is 4.64. The van der Waals surface area contributed by atoms with Gasteiger partial charge in [0.05, 0.1) is 0 Å². The minimum Gasteiger partial charge on any atom is -0.448 e. The Hall–Kier alpha value is -0.770. The number of esters is 1. The van der Waals surface area contributed by atoms with Crippen molar-refractivity contribution in [1.82, 2.24) is 5.32 Å². The van der Waals surface area contributed by atoms with Gasteiger partial charge in [0.15, 0.2) is 6.07 Å². The second-order valence-corrected chi connectivity index (χ2v) is 3.07. The molecule has 0 spiro atoms. The summed E-state index contributed by atoms with van der Waals surface area (Å²) in [5.41, 5.74) is 0. The fourth-order valence-corrected chi connectivity index (χ4v) is 1.20. The molecule has 5 heteroatoms. The van der Waals surface area contributed by atoms with Crippen molar-refractivity contribution in [1.29, 1.82) is 0 Å². The zero-order valence-electron chi connectivity index (χ0n) is 8.51. The number of alkyl halides is 1. The molecule has 1 amide bonds. The fraction of sp³-hybridized carbons (Fsp3) is 0.778. The van der Waals surface area contributed by atoms with Gasteiger partial charge in [-0.1, -0.05) is 25.4 Å². The van der Waals surface area contributed by atoms with Gasteiger partial charge >= 0.3 is 5.97 Å². The van der Waals surface area contributed by atoms with E-state index in [-0.39, 0.29) is 24.4 Å². The van der Waals surface area contributed by atoms with Gasteiger partial charge in [-0.25, -0.2) is 0 Å². The molecule has 0 heterocycles. The van der Waals surface area contributed by atoms with E-state index in [0.717, 1.165) is 12.8 Å². The van der Waals surface area contributed by atoms with Gasteiger partial charge in [0.1, 0.15) is 6.54 Å². The second kappa shape index (κ2) is 7.62. The van der Waals surface area contributed by atoms with Gasteiger partial charge in [-0.15, -0.1) is 0 Å². The lowest BCUT2D eigenvalue weighted by Gasteiger charge is -2.11. The molecule has 0 bridgehead atoms. The van der Waals surface area contributed by atoms with Crippen LogP contribution >= 0.6 is 11.6 Å². The Bertz CT molecular complexity index is 192. The lowest BCUT2D eigenvalue weighted by Crippen LogP contribution is -2.34. The van der Waals surface area contributed by atoms with E-state index in [4.69, 9.17) is 11.6 Å². The molecular weight excluding hydrogens is 206 g/mol. The second-order valence-electron chi connectivity index (χ2n) is 2.86. The quantitative estimate of drug-likeness (QED) is 0.543. The van der Waals surface area contributed by atoms with E-state index in [1.54, 1.807) is 0 Å². The molecule has 0 saturated heterocycles. The molecule has 0 saturated carbocycles. The number of ether oxygens (including phenoxy) is 1. The zero-order valence-corrected chi connectivity index (χ0v) is 9.26. The maximum absolute atomic E-state index is 11.4. The van der Waals surface area contributed by atoms with E-state index in [1.165, 1.54) is 0 Å². The van der Waals surface area contributed by atoms with Gasteiger partial charge in [0.2, 0.25) is 5.91 Å². The van der Waals surface area contributed by atoms with E-state index in [2.05, 4.69) is 10.1 Å². The smallest absolute Gasteiger partial charge is 0.326 e. The van der Waals surface area contributed by atoms with Crippen LogP contribution < -0.4 is 5.32 Å². The maximum atomic E-state index is 11.4. The Morgan fingerprint density at radius 3 is 2.36 bits per heavy atom. The third-order valence-corrected chi connectivity index (χ3v) is 2.09. The summed E-state index contributed by atoms with van der Waals surface area (Å²) in [6.07, 6.45) is 1.54. The van der Waals surface area contributed by atoms with E-state index in [1.807, 2.05) is 13.8 Å². The van der Waals surface area contributed by atoms with E-state index in [9.17, 15) is 9.59 Å². The molecule has 0 aliphatic rings. The van der Waals surface area contributed by atoms with Crippen molar-refractivity contribution in [3.63, 3.8) is 0 Å². The Balaban J connectivity index is 3.77. The van der Waals surface area contributed by atoms with Crippen LogP contribution in [-0.4, -0.2) is 24.5 Å². The van der Waals surface area contributed by atoms with Gasteiger partial charge in [0.25, 0.3) is 0 Å². The van der Waals surface area contributed by atoms with Crippen molar-refractivity contribution in [2.75, 3.05) is 12.6 Å². The van der Waals surface area contributed by atoms with Crippen LogP contribution in [0.3, 0.4) is 0 Å². The number of nitrogens with one attached hydrogen (secondary N) is 1. The molecule has 0 fully saturated rings. The van der Waals surface area contributed by atoms with Crippen molar-refractivity contribution in [2.24, 2.45) is 5.92 Å². The normalized spacial score (nSPS) is 10.0. The monoisotopic (exact) mass is 221 g/mol. The molecule has 14 heavy (non-hydrogen) atoms. The van der Waals surface area contributed by atoms with Crippen LogP contribution in [0, 0.1) is 5.92 Å². The Morgan fingerprint density at radius 2 is 1.93 bits per heavy atom. The number of rotatable bonds is 6. The Labute approximate surface area is 88.9 Å². The topological polar surface area (TPSA) is 55.4 Å². The van der Waals surface area contributed by atoms with Crippen molar-refractivity contribution < 1.29 is 14.3 Å². The van der Waals surface area contributed by atoms with Crippen molar-refractivity contribution in [3.8, 4) is 0 Å². The highest BCUT2D eigenvalue weighted by molar-refractivity contribution is 6.17. The first-order valence-corrected chi connectivity index (χ1v) is 5.18. The predicted octanol–water partition coefficient (Wildman–Crippen LogP) is 1.28. The summed E-state index contributed by atoms with van der Waals surface area (Å²) in [6.45, 7) is 3.76. The number of carbonyl (C=O) groups excluding carboxylic acids is 2. The molecule has 82 valence electrons. The maximum Gasteiger partial charge on any atom is 0.326 e. The largest absolute Gasteiger partial charge is 0.448 e. The summed E-state index contributed by atoms with van der Waals surface area (Å²) in [5, 5.41) is 2.50. The van der Waals surface area contributed by atoms with Gasteiger partial charge in [-0.3, -0.25) is 9.59 Å². The van der Waals surface area contributed by atoms with Crippen LogP contribution in [0.1, 0.15) is 26.7 Å². The van der Waals surface area contributed by atoms with Crippen LogP contribution in [0.4, 0.5) is 0 Å². The Morgan fingerprint density at radius 1 is 1.36 bits per heavy atom. The molecule has 0 aromatic rings. The number of carbonyl (C=O) groups is 2. The first kappa shape index (κ1) is 13.2. The van der Waals surface area contributed by atoms with Crippen LogP contribution in [0.15, 0.2) is 0 Å². The predicted molar refractivity (Wildman–Crippen MR) is 53.9 cm³/mol. The third-order valence-electron chi connectivity index (χ3n) is 1.98. The van der Waals surface area contributed by atoms with Crippen molar-refractivity contribution >= 4 is 23.5 Å². The summed E-state index contributed by atoms with van der Waals surface area (Å²) in [7, 11) is 0. The first-order chi connectivity index (χ1) is 6.65. The van der Waals surface area contributed by atoms with E-state index < -0.39 is 5.97 Å². The molecule has 0 aromatic heterocycles. The number of amides is 1. The summed E-state index contributed by atoms with van der Waals surface area (Å²) < 4.78 is 4.45. The molecule has 0 aliphatic carbocycles. The minimum atomic E-state index is -0.515. The average Bonchev–Trinajstić information content (AvgIpc) is 2.17. The van der Waals surface area contributed by atoms with E-state index in [0.29, 0.717) is 0 Å². The molecule has 0 unspecified atom stereocenters. The van der Waals surface area contributed by atoms with Gasteiger partial charge in [-0.05, 0) is 12.8 Å². The number of halogens is 1. The van der Waals surface area contributed by atoms with Crippen LogP contribution in [0.2, 0.25) is 0 Å². The van der Waals surface area contributed by atoms with Crippen LogP contribution in [-0.2, 0) is 14.3 Å². The van der Waals surface area contributed by atoms with Crippen LogP contribution in [0.25, 0.3) is 0 Å². The summed E-state index contributed by atoms with van der Waals surface area (Å²) >= 11 is 5.17. The van der Waals surface area contributed by atoms with Gasteiger partial charge < -0.3 is 10.1 Å². The van der Waals surface area contributed by atoms with Crippen LogP contribution in [0.5, 0.6) is 0 Å². The SMILES string of the molecule is CCC(CC)C(=O)NCC(=O)OCCl. The van der Waals surface area contributed by atoms with Crippen molar-refractivity contribution in [2.45, 2.75) is 26.7 Å². The summed E-state index contributed by atoms with van der Waals surface area (Å²) in [5.74, 6) is -0.653. The number of hydrogen-bond donors (Lipinski definition) is 1. The van der Waals surface area contributed by atoms with Gasteiger partial charge in [-0.2, -0.15) is 0 Å². The standard InChI is InChI=1S/C9H16ClNO3/c1-3-7(4-2)9(13)11-5-8(12)14-6-10/h7H,3-6H2,1-2H3,(H,11,13). The molecule has 0 aromatic carbocycles. The lowest BCUT2D eigenvalue weighted by molar-refractivity contribution is -0.142. The number of hydrogen-bond acceptors (Lipinski definition) is 3. The minimum absolute atomic E-state index is 0.0289. The highest BCUT2D eigenvalue weighted by atomic mass is 35.5. The Kier molecular flexibility index (Phi) is 7.20. The van der Waals surface area contributed by atoms with E-state index >= 15 is 0 Å². The molecule has 0 atom stereocenters. The highest BCUT2D eigenvalue weighted by Gasteiger charge is 2.14. The summed E-state index contributed by atoms with van der Waals surface area (Å²) in [4.78, 5) is 22.2. The molecule has 0 aliphatic heterocycles.